The minimum atomic E-state index is -0.571. The lowest BCUT2D eigenvalue weighted by Gasteiger charge is -2.28. The van der Waals surface area contributed by atoms with Gasteiger partial charge in [-0.2, -0.15) is 0 Å². The van der Waals surface area contributed by atoms with Crippen LogP contribution in [0.2, 0.25) is 5.02 Å². The quantitative estimate of drug-likeness (QED) is 0.645. The molecule has 0 N–H and O–H groups in total. The molecular formula is C23H31ClN4O3. The topological polar surface area (TPSA) is 69.5 Å². The predicted octanol–water partition coefficient (Wildman–Crippen LogP) is 5.23. The molecule has 168 valence electrons. The molecule has 1 aliphatic carbocycles. The average Bonchev–Trinajstić information content (AvgIpc) is 3.03. The van der Waals surface area contributed by atoms with Crippen molar-refractivity contribution in [2.24, 2.45) is 0 Å². The molecule has 1 aliphatic heterocycles. The zero-order valence-corrected chi connectivity index (χ0v) is 19.5. The van der Waals surface area contributed by atoms with E-state index in [9.17, 15) is 4.79 Å². The molecule has 8 heteroatoms. The summed E-state index contributed by atoms with van der Waals surface area (Å²) in [6, 6.07) is 5.79. The maximum Gasteiger partial charge on any atom is 0.411 e. The van der Waals surface area contributed by atoms with Crippen LogP contribution >= 0.6 is 11.6 Å². The van der Waals surface area contributed by atoms with Crippen molar-refractivity contribution in [3.8, 4) is 5.69 Å². The molecule has 0 saturated heterocycles. The lowest BCUT2D eigenvalue weighted by atomic mass is 9.86. The Morgan fingerprint density at radius 3 is 2.58 bits per heavy atom. The zero-order chi connectivity index (χ0) is 22.2. The van der Waals surface area contributed by atoms with Crippen molar-refractivity contribution in [1.82, 2.24) is 19.7 Å². The summed E-state index contributed by atoms with van der Waals surface area (Å²) in [6.07, 6.45) is 4.05. The van der Waals surface area contributed by atoms with Crippen LogP contribution in [0.15, 0.2) is 18.2 Å². The second kappa shape index (κ2) is 8.79. The van der Waals surface area contributed by atoms with E-state index in [4.69, 9.17) is 21.1 Å². The van der Waals surface area contributed by atoms with Crippen molar-refractivity contribution >= 4 is 17.7 Å². The standard InChI is InChI=1S/C23H31ClN4O3/c1-5-30-18-9-6-15(7-10-18)21-26-25-20-14-27(22(29)31-23(2,3)4)13-16-12-17(24)8-11-19(16)28(20)21/h8,11-12,15,18H,5-7,9-10,13-14H2,1-4H3/t15-,18-. The third-order valence-electron chi connectivity index (χ3n) is 5.82. The van der Waals surface area contributed by atoms with Crippen LogP contribution in [-0.4, -0.2) is 44.1 Å². The molecule has 4 rings (SSSR count). The van der Waals surface area contributed by atoms with E-state index in [1.54, 1.807) is 4.90 Å². The van der Waals surface area contributed by atoms with Crippen molar-refractivity contribution in [3.05, 3.63) is 40.4 Å². The largest absolute Gasteiger partial charge is 0.444 e. The van der Waals surface area contributed by atoms with Gasteiger partial charge in [-0.25, -0.2) is 4.79 Å². The van der Waals surface area contributed by atoms with Crippen molar-refractivity contribution in [3.63, 3.8) is 0 Å². The van der Waals surface area contributed by atoms with Gasteiger partial charge in [0, 0.05) is 17.5 Å². The van der Waals surface area contributed by atoms with Gasteiger partial charge in [-0.3, -0.25) is 9.47 Å². The second-order valence-electron chi connectivity index (χ2n) is 9.35. The van der Waals surface area contributed by atoms with Gasteiger partial charge in [0.1, 0.15) is 11.4 Å². The number of ether oxygens (including phenoxy) is 2. The van der Waals surface area contributed by atoms with E-state index in [1.807, 2.05) is 45.9 Å². The molecule has 0 radical (unpaired) electrons. The number of amides is 1. The number of rotatable bonds is 3. The number of nitrogens with zero attached hydrogens (tertiary/aromatic N) is 4. The van der Waals surface area contributed by atoms with Crippen LogP contribution in [0.1, 0.15) is 76.5 Å². The fourth-order valence-electron chi connectivity index (χ4n) is 4.47. The van der Waals surface area contributed by atoms with Gasteiger partial charge in [0.05, 0.1) is 24.9 Å². The van der Waals surface area contributed by atoms with E-state index < -0.39 is 5.60 Å². The molecule has 31 heavy (non-hydrogen) atoms. The summed E-state index contributed by atoms with van der Waals surface area (Å²) in [6.45, 7) is 9.15. The summed E-state index contributed by atoms with van der Waals surface area (Å²) in [7, 11) is 0. The first-order valence-corrected chi connectivity index (χ1v) is 11.5. The molecule has 0 bridgehead atoms. The Hall–Kier alpha value is -2.12. The first-order chi connectivity index (χ1) is 14.7. The molecular weight excluding hydrogens is 416 g/mol. The second-order valence-corrected chi connectivity index (χ2v) is 9.78. The number of aromatic nitrogens is 3. The Morgan fingerprint density at radius 1 is 1.16 bits per heavy atom. The molecule has 1 fully saturated rings. The molecule has 0 spiro atoms. The molecule has 1 aromatic heterocycles. The van der Waals surface area contributed by atoms with Crippen molar-refractivity contribution in [1.29, 1.82) is 0 Å². The van der Waals surface area contributed by atoms with E-state index >= 15 is 0 Å². The summed E-state index contributed by atoms with van der Waals surface area (Å²) >= 11 is 6.31. The van der Waals surface area contributed by atoms with Crippen molar-refractivity contribution in [2.75, 3.05) is 6.61 Å². The molecule has 0 unspecified atom stereocenters. The maximum absolute atomic E-state index is 12.9. The fraction of sp³-hybridized carbons (Fsp3) is 0.609. The van der Waals surface area contributed by atoms with Gasteiger partial charge in [-0.1, -0.05) is 11.6 Å². The first kappa shape index (κ1) is 22.1. The summed E-state index contributed by atoms with van der Waals surface area (Å²) < 4.78 is 13.6. The van der Waals surface area contributed by atoms with Crippen LogP contribution in [0.25, 0.3) is 5.69 Å². The molecule has 1 saturated carbocycles. The van der Waals surface area contributed by atoms with Gasteiger partial charge in [-0.15, -0.1) is 10.2 Å². The highest BCUT2D eigenvalue weighted by Crippen LogP contribution is 2.37. The smallest absolute Gasteiger partial charge is 0.411 e. The monoisotopic (exact) mass is 446 g/mol. The number of hydrogen-bond donors (Lipinski definition) is 0. The number of fused-ring (bicyclic) bond motifs is 3. The van der Waals surface area contributed by atoms with E-state index in [0.717, 1.165) is 55.2 Å². The van der Waals surface area contributed by atoms with Crippen LogP contribution in [-0.2, 0) is 22.6 Å². The van der Waals surface area contributed by atoms with E-state index in [2.05, 4.69) is 14.8 Å². The minimum Gasteiger partial charge on any atom is -0.444 e. The number of hydrogen-bond acceptors (Lipinski definition) is 5. The number of carbonyl (C=O) groups is 1. The maximum atomic E-state index is 12.9. The summed E-state index contributed by atoms with van der Waals surface area (Å²) in [5, 5.41) is 9.72. The Kier molecular flexibility index (Phi) is 6.26. The molecule has 0 atom stereocenters. The molecule has 7 nitrogen and oxygen atoms in total. The third kappa shape index (κ3) is 4.88. The number of halogens is 1. The highest BCUT2D eigenvalue weighted by Gasteiger charge is 2.33. The molecule has 2 heterocycles. The van der Waals surface area contributed by atoms with E-state index in [-0.39, 0.29) is 6.09 Å². The SMILES string of the molecule is CCO[C@H]1CC[C@H](c2nnc3n2-c2ccc(Cl)cc2CN(C(=O)OC(C)(C)C)C3)CC1. The molecule has 1 aromatic carbocycles. The van der Waals surface area contributed by atoms with E-state index in [0.29, 0.717) is 30.1 Å². The van der Waals surface area contributed by atoms with Gasteiger partial charge in [-0.05, 0) is 77.1 Å². The Morgan fingerprint density at radius 2 is 1.90 bits per heavy atom. The first-order valence-electron chi connectivity index (χ1n) is 11.1. The molecule has 1 amide bonds. The normalized spacial score (nSPS) is 21.3. The van der Waals surface area contributed by atoms with E-state index in [1.165, 1.54) is 0 Å². The third-order valence-corrected chi connectivity index (χ3v) is 6.06. The molecule has 2 aromatic rings. The van der Waals surface area contributed by atoms with Crippen LogP contribution in [0.5, 0.6) is 0 Å². The number of benzene rings is 1. The summed E-state index contributed by atoms with van der Waals surface area (Å²) in [5.74, 6) is 2.02. The van der Waals surface area contributed by atoms with Gasteiger partial charge in [0.25, 0.3) is 0 Å². The van der Waals surface area contributed by atoms with Gasteiger partial charge in [0.15, 0.2) is 5.82 Å². The Balaban J connectivity index is 1.68. The number of carbonyl (C=O) groups excluding carboxylic acids is 1. The summed E-state index contributed by atoms with van der Waals surface area (Å²) in [5.41, 5.74) is 1.37. The predicted molar refractivity (Wildman–Crippen MR) is 118 cm³/mol. The fourth-order valence-corrected chi connectivity index (χ4v) is 4.66. The van der Waals surface area contributed by atoms with Gasteiger partial charge < -0.3 is 9.47 Å². The lowest BCUT2D eigenvalue weighted by molar-refractivity contribution is 0.0214. The van der Waals surface area contributed by atoms with Gasteiger partial charge >= 0.3 is 6.09 Å². The minimum absolute atomic E-state index is 0.314. The van der Waals surface area contributed by atoms with Crippen molar-refractivity contribution < 1.29 is 14.3 Å². The van der Waals surface area contributed by atoms with Gasteiger partial charge in [0.2, 0.25) is 0 Å². The highest BCUT2D eigenvalue weighted by molar-refractivity contribution is 6.30. The van der Waals surface area contributed by atoms with Crippen LogP contribution in [0, 0.1) is 0 Å². The molecule has 2 aliphatic rings. The highest BCUT2D eigenvalue weighted by atomic mass is 35.5. The Labute approximate surface area is 188 Å². The Bertz CT molecular complexity index is 945. The van der Waals surface area contributed by atoms with Crippen LogP contribution in [0.3, 0.4) is 0 Å². The lowest BCUT2D eigenvalue weighted by Crippen LogP contribution is -2.35. The van der Waals surface area contributed by atoms with Crippen LogP contribution < -0.4 is 0 Å². The average molecular weight is 447 g/mol. The van der Waals surface area contributed by atoms with Crippen molar-refractivity contribution in [2.45, 2.75) is 84.1 Å². The van der Waals surface area contributed by atoms with Crippen LogP contribution in [0.4, 0.5) is 4.79 Å². The summed E-state index contributed by atoms with van der Waals surface area (Å²) in [4.78, 5) is 14.5. The zero-order valence-electron chi connectivity index (χ0n) is 18.7.